The Balaban J connectivity index is 0.000000521. The van der Waals surface area contributed by atoms with Gasteiger partial charge in [-0.1, -0.05) is 23.4 Å². The van der Waals surface area contributed by atoms with Crippen molar-refractivity contribution in [1.29, 1.82) is 0 Å². The van der Waals surface area contributed by atoms with Gasteiger partial charge in [0.1, 0.15) is 57.3 Å². The Kier molecular flexibility index (Phi) is 36.1. The molecule has 29 heteroatoms. The summed E-state index contributed by atoms with van der Waals surface area (Å²) in [5, 5.41) is 47.4. The molecular formula is C55H52ClK2N13O13. The van der Waals surface area contributed by atoms with Gasteiger partial charge in [-0.25, -0.2) is 0 Å². The van der Waals surface area contributed by atoms with Crippen molar-refractivity contribution in [3.8, 4) is 46.0 Å². The van der Waals surface area contributed by atoms with Gasteiger partial charge in [0, 0.05) is 117 Å². The van der Waals surface area contributed by atoms with E-state index >= 15 is 0 Å². The molecule has 9 aromatic rings. The molecular weight excluding hydrogens is 1160 g/mol. The second-order valence-electron chi connectivity index (χ2n) is 15.3. The van der Waals surface area contributed by atoms with Crippen LogP contribution < -0.4 is 155 Å². The Labute approximate surface area is 570 Å². The zero-order chi connectivity index (χ0) is 58.9. The largest absolute Gasteiger partial charge is 1.00 e. The maximum atomic E-state index is 11.5. The van der Waals surface area contributed by atoms with E-state index in [1.54, 1.807) is 124 Å². The molecule has 0 unspecified atom stereocenters. The molecule has 424 valence electrons. The Hall–Kier alpha value is -8.08. The van der Waals surface area contributed by atoms with Crippen molar-refractivity contribution in [2.24, 2.45) is 5.84 Å². The van der Waals surface area contributed by atoms with Gasteiger partial charge in [0.25, 0.3) is 29.1 Å². The number of nitrogens with one attached hydrogen (secondary N) is 4. The van der Waals surface area contributed by atoms with Crippen molar-refractivity contribution in [1.82, 2.24) is 40.9 Å². The SMILES string of the molecule is CNC(=O)c1cc(Oc2ccc(N)cc2)ccn1.CNC(=O)c1cc(Oc2ccc(NN)cc2)ccn1.CNC(=O)c1cc(Oc2ccc([N+](=O)[O-])cc2)ccn1.O=[N+]([O-])c1ccc(Cl)cc1.Oc1cccnc1.[K+].[K+].[O-]c1cccnc1.[OH-]. The minimum absolute atomic E-state index is 0. The summed E-state index contributed by atoms with van der Waals surface area (Å²) < 4.78 is 16.7. The third-order valence-corrected chi connectivity index (χ3v) is 9.80. The first-order chi connectivity index (χ1) is 39.0. The number of rotatable bonds is 12. The van der Waals surface area contributed by atoms with E-state index in [1.807, 2.05) is 0 Å². The van der Waals surface area contributed by atoms with Crippen LogP contribution in [0.2, 0.25) is 5.02 Å². The molecule has 10 N–H and O–H groups in total. The summed E-state index contributed by atoms with van der Waals surface area (Å²) in [6, 6.07) is 41.4. The maximum Gasteiger partial charge on any atom is 1.00 e. The number of nitro benzene ring substituents is 2. The number of carbonyl (C=O) groups is 3. The Morgan fingerprint density at radius 1 is 0.524 bits per heavy atom. The first-order valence-electron chi connectivity index (χ1n) is 23.3. The zero-order valence-corrected chi connectivity index (χ0v) is 52.6. The molecule has 5 aromatic heterocycles. The fourth-order valence-corrected chi connectivity index (χ4v) is 5.77. The minimum Gasteiger partial charge on any atom is -0.871 e. The van der Waals surface area contributed by atoms with Crippen LogP contribution in [0.25, 0.3) is 0 Å². The summed E-state index contributed by atoms with van der Waals surface area (Å²) in [6.45, 7) is 0. The number of nitrogens with zero attached hydrogens (tertiary/aromatic N) is 7. The van der Waals surface area contributed by atoms with Gasteiger partial charge in [0.15, 0.2) is 0 Å². The molecule has 5 heterocycles. The van der Waals surface area contributed by atoms with Crippen LogP contribution in [-0.4, -0.2) is 84.2 Å². The number of hydrogen-bond acceptors (Lipinski definition) is 21. The van der Waals surface area contributed by atoms with Crippen molar-refractivity contribution >= 4 is 52.1 Å². The number of aromatic nitrogens is 5. The van der Waals surface area contributed by atoms with E-state index in [2.05, 4.69) is 46.3 Å². The number of hydrazine groups is 1. The number of nitrogen functional groups attached to an aromatic ring is 2. The number of hydrogen-bond donors (Lipinski definition) is 7. The average Bonchev–Trinajstić information content (AvgIpc) is 3.71. The molecule has 9 rings (SSSR count). The summed E-state index contributed by atoms with van der Waals surface area (Å²) >= 11 is 5.49. The van der Waals surface area contributed by atoms with Crippen LogP contribution in [0.1, 0.15) is 31.5 Å². The van der Waals surface area contributed by atoms with Crippen LogP contribution in [-0.2, 0) is 0 Å². The normalized spacial score (nSPS) is 9.20. The number of carbonyl (C=O) groups excluding carboxylic acids is 3. The van der Waals surface area contributed by atoms with Gasteiger partial charge >= 0.3 is 103 Å². The van der Waals surface area contributed by atoms with E-state index in [4.69, 9.17) is 42.5 Å². The third kappa shape index (κ3) is 28.3. The maximum absolute atomic E-state index is 11.5. The third-order valence-electron chi connectivity index (χ3n) is 9.55. The van der Waals surface area contributed by atoms with Crippen LogP contribution in [0.5, 0.6) is 46.0 Å². The number of nitro groups is 2. The molecule has 0 saturated carbocycles. The summed E-state index contributed by atoms with van der Waals surface area (Å²) in [5.74, 6) is 7.87. The van der Waals surface area contributed by atoms with Gasteiger partial charge < -0.3 is 57.0 Å². The standard InChI is InChI=1S/C13H14N4O2.C13H11N3O4.C13H13N3O2.C6H4ClNO2.2C5H5NO.2K.H2O/c1-15-13(18)12-8-11(6-7-16-12)19-10-4-2-9(17-14)3-5-10;1-14-13(17)12-8-11(6-7-15-12)20-10-4-2-9(3-5-10)16(18)19;1-15-13(17)12-8-11(6-7-16-12)18-10-4-2-9(14)3-5-10;7-5-1-3-6(4-2-5)8(9)10;2*7-5-2-1-3-6-4-5;;;/h2-8,17H,14H2,1H3,(H,15,18);2-8H,1H3,(H,14,17);2-8H,14H2,1H3,(H,15,17);1-4H;2*1-4,7H;;;1H2/q;;;;;;2*+1;/p-2. The van der Waals surface area contributed by atoms with E-state index < -0.39 is 9.85 Å². The molecule has 0 aliphatic heterocycles. The van der Waals surface area contributed by atoms with E-state index in [0.717, 1.165) is 5.69 Å². The van der Waals surface area contributed by atoms with Crippen LogP contribution >= 0.6 is 11.6 Å². The second kappa shape index (κ2) is 41.0. The molecule has 0 bridgehead atoms. The molecule has 26 nitrogen and oxygen atoms in total. The number of anilines is 2. The number of aromatic hydroxyl groups is 1. The van der Waals surface area contributed by atoms with Crippen molar-refractivity contribution in [2.75, 3.05) is 32.3 Å². The van der Waals surface area contributed by atoms with Crippen LogP contribution in [0.3, 0.4) is 0 Å². The van der Waals surface area contributed by atoms with Gasteiger partial charge in [0.2, 0.25) is 0 Å². The molecule has 0 saturated heterocycles. The van der Waals surface area contributed by atoms with Gasteiger partial charge in [0.05, 0.1) is 16.0 Å². The van der Waals surface area contributed by atoms with Gasteiger partial charge in [-0.15, -0.1) is 0 Å². The van der Waals surface area contributed by atoms with Crippen LogP contribution in [0.4, 0.5) is 22.7 Å². The quantitative estimate of drug-likeness (QED) is 0.0304. The average molecular weight is 1220 g/mol. The van der Waals surface area contributed by atoms with Crippen LogP contribution in [0.15, 0.2) is 201 Å². The topological polar surface area (TPSA) is 403 Å². The predicted octanol–water partition coefficient (Wildman–Crippen LogP) is 2.50. The number of benzene rings is 4. The Morgan fingerprint density at radius 3 is 1.17 bits per heavy atom. The molecule has 0 atom stereocenters. The molecule has 84 heavy (non-hydrogen) atoms. The molecule has 3 amide bonds. The molecule has 4 aromatic carbocycles. The van der Waals surface area contributed by atoms with Crippen molar-refractivity contribution in [3.63, 3.8) is 0 Å². The fraction of sp³-hybridized carbons (Fsp3) is 0.0545. The molecule has 0 aliphatic carbocycles. The number of amides is 3. The molecule has 0 spiro atoms. The van der Waals surface area contributed by atoms with Gasteiger partial charge in [-0.2, -0.15) is 0 Å². The molecule has 0 fully saturated rings. The number of ether oxygens (including phenoxy) is 3. The van der Waals surface area contributed by atoms with Crippen molar-refractivity contribution < 1.29 is 157 Å². The van der Waals surface area contributed by atoms with Crippen molar-refractivity contribution in [2.45, 2.75) is 0 Å². The van der Waals surface area contributed by atoms with Crippen molar-refractivity contribution in [3.05, 3.63) is 243 Å². The number of halogens is 1. The Bertz CT molecular complexity index is 3370. The summed E-state index contributed by atoms with van der Waals surface area (Å²) in [4.78, 5) is 73.0. The summed E-state index contributed by atoms with van der Waals surface area (Å²) in [7, 11) is 4.61. The number of pyridine rings is 5. The van der Waals surface area contributed by atoms with E-state index in [-0.39, 0.29) is 155 Å². The van der Waals surface area contributed by atoms with Crippen LogP contribution in [0, 0.1) is 20.2 Å². The summed E-state index contributed by atoms with van der Waals surface area (Å²) in [5.41, 5.74) is 10.5. The van der Waals surface area contributed by atoms with E-state index in [1.165, 1.54) is 98.7 Å². The van der Waals surface area contributed by atoms with Gasteiger partial charge in [-0.05, 0) is 109 Å². The smallest absolute Gasteiger partial charge is 0.871 e. The summed E-state index contributed by atoms with van der Waals surface area (Å²) in [6.07, 6.45) is 10.3. The number of nitrogens with two attached hydrogens (primary N) is 2. The number of non-ortho nitro benzene ring substituents is 2. The first kappa shape index (κ1) is 73.9. The monoisotopic (exact) mass is 1220 g/mol. The zero-order valence-electron chi connectivity index (χ0n) is 45.6. The van der Waals surface area contributed by atoms with E-state index in [9.17, 15) is 39.7 Å². The first-order valence-corrected chi connectivity index (χ1v) is 23.7. The molecule has 0 aliphatic rings. The molecule has 0 radical (unpaired) electrons. The second-order valence-corrected chi connectivity index (χ2v) is 15.7. The van der Waals surface area contributed by atoms with Gasteiger partial charge in [-0.3, -0.25) is 65.4 Å². The Morgan fingerprint density at radius 2 is 0.881 bits per heavy atom. The predicted molar refractivity (Wildman–Crippen MR) is 301 cm³/mol. The van der Waals surface area contributed by atoms with E-state index in [0.29, 0.717) is 56.6 Å². The fourth-order valence-electron chi connectivity index (χ4n) is 5.64. The minimum atomic E-state index is -0.486.